The molecule has 6 nitrogen and oxygen atoms in total. The van der Waals surface area contributed by atoms with Crippen LogP contribution in [0.1, 0.15) is 5.56 Å². The number of hydrogen-bond donors (Lipinski definition) is 0. The molecule has 0 aliphatic rings. The Hall–Kier alpha value is -3.45. The number of para-hydroxylation sites is 1. The quantitative estimate of drug-likeness (QED) is 0.272. The first-order valence-corrected chi connectivity index (χ1v) is 10.0. The third-order valence-electron chi connectivity index (χ3n) is 4.11. The molecule has 0 N–H and O–H groups in total. The molecule has 0 bridgehead atoms. The molecule has 0 aliphatic carbocycles. The monoisotopic (exact) mass is 402 g/mol. The Balaban J connectivity index is 1.57. The van der Waals surface area contributed by atoms with Crippen molar-refractivity contribution in [3.63, 3.8) is 0 Å². The van der Waals surface area contributed by atoms with Crippen molar-refractivity contribution in [2.45, 2.75) is 12.1 Å². The zero-order valence-electron chi connectivity index (χ0n) is 15.7. The Morgan fingerprint density at radius 2 is 1.90 bits per heavy atom. The van der Waals surface area contributed by atoms with Gasteiger partial charge < -0.3 is 4.74 Å². The molecule has 0 spiro atoms. The molecule has 2 heterocycles. The van der Waals surface area contributed by atoms with Crippen LogP contribution in [-0.4, -0.2) is 31.5 Å². The summed E-state index contributed by atoms with van der Waals surface area (Å²) in [5, 5.41) is 9.25. The SMILES string of the molecule is Cc1cccc(OC(=O)CSc2nnc(-c3cccnc3)n2-c2ccccc2)c1. The van der Waals surface area contributed by atoms with Crippen LogP contribution in [0.25, 0.3) is 17.1 Å². The number of carbonyl (C=O) groups is 1. The van der Waals surface area contributed by atoms with E-state index < -0.39 is 0 Å². The number of esters is 1. The highest BCUT2D eigenvalue weighted by atomic mass is 32.2. The number of pyridine rings is 1. The van der Waals surface area contributed by atoms with E-state index in [1.54, 1.807) is 18.5 Å². The average molecular weight is 402 g/mol. The van der Waals surface area contributed by atoms with E-state index in [0.29, 0.717) is 16.7 Å². The number of carbonyl (C=O) groups excluding carboxylic acids is 1. The lowest BCUT2D eigenvalue weighted by molar-refractivity contribution is -0.131. The van der Waals surface area contributed by atoms with Crippen molar-refractivity contribution in [2.24, 2.45) is 0 Å². The summed E-state index contributed by atoms with van der Waals surface area (Å²) in [4.78, 5) is 16.5. The van der Waals surface area contributed by atoms with Crippen molar-refractivity contribution >= 4 is 17.7 Å². The van der Waals surface area contributed by atoms with Gasteiger partial charge in [0.2, 0.25) is 0 Å². The van der Waals surface area contributed by atoms with Crippen LogP contribution >= 0.6 is 11.8 Å². The topological polar surface area (TPSA) is 69.9 Å². The van der Waals surface area contributed by atoms with Crippen molar-refractivity contribution in [3.8, 4) is 22.8 Å². The Kier molecular flexibility index (Phi) is 5.67. The van der Waals surface area contributed by atoms with Gasteiger partial charge in [-0.15, -0.1) is 10.2 Å². The minimum atomic E-state index is -0.342. The third-order valence-corrected chi connectivity index (χ3v) is 5.01. The second-order valence-corrected chi connectivity index (χ2v) is 7.24. The lowest BCUT2D eigenvalue weighted by Crippen LogP contribution is -2.11. The van der Waals surface area contributed by atoms with Gasteiger partial charge in [-0.05, 0) is 48.9 Å². The standard InChI is InChI=1S/C22H18N4O2S/c1-16-7-5-11-19(13-16)28-20(27)15-29-22-25-24-21(17-8-6-12-23-14-17)26(22)18-9-3-2-4-10-18/h2-14H,15H2,1H3. The molecule has 0 saturated heterocycles. The predicted octanol–water partition coefficient (Wildman–Crippen LogP) is 4.34. The number of aryl methyl sites for hydroxylation is 1. The lowest BCUT2D eigenvalue weighted by atomic mass is 10.2. The van der Waals surface area contributed by atoms with Crippen LogP contribution in [0.5, 0.6) is 5.75 Å². The number of benzene rings is 2. The first-order chi connectivity index (χ1) is 14.2. The number of aromatic nitrogens is 4. The van der Waals surface area contributed by atoms with Gasteiger partial charge in [0, 0.05) is 23.6 Å². The van der Waals surface area contributed by atoms with Crippen molar-refractivity contribution in [1.29, 1.82) is 0 Å². The molecular formula is C22H18N4O2S. The molecule has 4 rings (SSSR count). The maximum atomic E-state index is 12.3. The second-order valence-electron chi connectivity index (χ2n) is 6.30. The summed E-state index contributed by atoms with van der Waals surface area (Å²) in [5.41, 5.74) is 2.79. The molecule has 0 unspecified atom stereocenters. The second kappa shape index (κ2) is 8.70. The van der Waals surface area contributed by atoms with Crippen molar-refractivity contribution in [3.05, 3.63) is 84.7 Å². The Bertz CT molecular complexity index is 1110. The Morgan fingerprint density at radius 1 is 1.03 bits per heavy atom. The summed E-state index contributed by atoms with van der Waals surface area (Å²) in [5.74, 6) is 0.979. The molecule has 2 aromatic heterocycles. The Morgan fingerprint density at radius 3 is 2.66 bits per heavy atom. The van der Waals surface area contributed by atoms with Crippen LogP contribution in [0.2, 0.25) is 0 Å². The van der Waals surface area contributed by atoms with Crippen LogP contribution < -0.4 is 4.74 Å². The molecule has 0 fully saturated rings. The van der Waals surface area contributed by atoms with E-state index in [1.165, 1.54) is 11.8 Å². The number of nitrogens with zero attached hydrogens (tertiary/aromatic N) is 4. The first kappa shape index (κ1) is 18.9. The molecule has 29 heavy (non-hydrogen) atoms. The van der Waals surface area contributed by atoms with Gasteiger partial charge in [0.15, 0.2) is 11.0 Å². The maximum absolute atomic E-state index is 12.3. The van der Waals surface area contributed by atoms with Gasteiger partial charge >= 0.3 is 5.97 Å². The van der Waals surface area contributed by atoms with Gasteiger partial charge in [-0.2, -0.15) is 0 Å². The van der Waals surface area contributed by atoms with E-state index >= 15 is 0 Å². The number of ether oxygens (including phenoxy) is 1. The van der Waals surface area contributed by atoms with Crippen LogP contribution in [0.15, 0.2) is 84.3 Å². The van der Waals surface area contributed by atoms with E-state index in [2.05, 4.69) is 15.2 Å². The zero-order chi connectivity index (χ0) is 20.1. The van der Waals surface area contributed by atoms with Crippen LogP contribution in [0.4, 0.5) is 0 Å². The number of rotatable bonds is 6. The summed E-state index contributed by atoms with van der Waals surface area (Å²) in [7, 11) is 0. The molecule has 7 heteroatoms. The van der Waals surface area contributed by atoms with Crippen molar-refractivity contribution < 1.29 is 9.53 Å². The maximum Gasteiger partial charge on any atom is 0.321 e. The van der Waals surface area contributed by atoms with E-state index in [9.17, 15) is 4.79 Å². The molecule has 0 aliphatic heterocycles. The fourth-order valence-electron chi connectivity index (χ4n) is 2.82. The minimum Gasteiger partial charge on any atom is -0.426 e. The van der Waals surface area contributed by atoms with Crippen LogP contribution in [-0.2, 0) is 4.79 Å². The van der Waals surface area contributed by atoms with Crippen LogP contribution in [0.3, 0.4) is 0 Å². The molecule has 0 radical (unpaired) electrons. The molecule has 0 saturated carbocycles. The minimum absolute atomic E-state index is 0.117. The van der Waals surface area contributed by atoms with E-state index in [0.717, 1.165) is 16.8 Å². The van der Waals surface area contributed by atoms with Gasteiger partial charge in [-0.3, -0.25) is 14.3 Å². The fraction of sp³-hybridized carbons (Fsp3) is 0.0909. The normalized spacial score (nSPS) is 10.7. The molecule has 2 aromatic carbocycles. The van der Waals surface area contributed by atoms with Crippen LogP contribution in [0, 0.1) is 6.92 Å². The van der Waals surface area contributed by atoms with E-state index in [1.807, 2.05) is 72.2 Å². The number of hydrogen-bond acceptors (Lipinski definition) is 6. The highest BCUT2D eigenvalue weighted by Gasteiger charge is 2.18. The molecule has 0 amide bonds. The predicted molar refractivity (Wildman–Crippen MR) is 112 cm³/mol. The highest BCUT2D eigenvalue weighted by molar-refractivity contribution is 7.99. The average Bonchev–Trinajstić information content (AvgIpc) is 3.17. The molecule has 144 valence electrons. The zero-order valence-corrected chi connectivity index (χ0v) is 16.5. The summed E-state index contributed by atoms with van der Waals surface area (Å²) in [6, 6.07) is 21.0. The van der Waals surface area contributed by atoms with Gasteiger partial charge in [0.1, 0.15) is 5.75 Å². The largest absolute Gasteiger partial charge is 0.426 e. The summed E-state index contributed by atoms with van der Waals surface area (Å²) >= 11 is 1.28. The van der Waals surface area contributed by atoms with Crippen molar-refractivity contribution in [2.75, 3.05) is 5.75 Å². The summed E-state index contributed by atoms with van der Waals surface area (Å²) < 4.78 is 7.35. The third kappa shape index (κ3) is 4.52. The molecule has 0 atom stereocenters. The van der Waals surface area contributed by atoms with Gasteiger partial charge in [0.05, 0.1) is 5.75 Å². The van der Waals surface area contributed by atoms with E-state index in [4.69, 9.17) is 4.74 Å². The number of thioether (sulfide) groups is 1. The molecule has 4 aromatic rings. The van der Waals surface area contributed by atoms with Gasteiger partial charge in [0.25, 0.3) is 0 Å². The lowest BCUT2D eigenvalue weighted by Gasteiger charge is -2.10. The van der Waals surface area contributed by atoms with E-state index in [-0.39, 0.29) is 11.7 Å². The highest BCUT2D eigenvalue weighted by Crippen LogP contribution is 2.27. The fourth-order valence-corrected chi connectivity index (χ4v) is 3.54. The van der Waals surface area contributed by atoms with Gasteiger partial charge in [-0.1, -0.05) is 42.1 Å². The summed E-state index contributed by atoms with van der Waals surface area (Å²) in [6.07, 6.45) is 3.45. The summed E-state index contributed by atoms with van der Waals surface area (Å²) in [6.45, 7) is 1.95. The van der Waals surface area contributed by atoms with Crippen molar-refractivity contribution in [1.82, 2.24) is 19.7 Å². The molecular weight excluding hydrogens is 384 g/mol. The van der Waals surface area contributed by atoms with Gasteiger partial charge in [-0.25, -0.2) is 0 Å². The Labute approximate surface area is 172 Å². The smallest absolute Gasteiger partial charge is 0.321 e. The first-order valence-electron chi connectivity index (χ1n) is 9.02.